The van der Waals surface area contributed by atoms with E-state index >= 15 is 0 Å². The molecule has 3 rings (SSSR count). The van der Waals surface area contributed by atoms with E-state index in [-0.39, 0.29) is 11.8 Å². The lowest BCUT2D eigenvalue weighted by atomic mass is 10.3. The van der Waals surface area contributed by atoms with E-state index in [0.29, 0.717) is 11.6 Å². The van der Waals surface area contributed by atoms with Gasteiger partial charge in [-0.25, -0.2) is 13.4 Å². The molecule has 20 heavy (non-hydrogen) atoms. The van der Waals surface area contributed by atoms with Crippen LogP contribution in [-0.4, -0.2) is 23.7 Å². The zero-order valence-electron chi connectivity index (χ0n) is 11.2. The topological polar surface area (TPSA) is 65.1 Å². The van der Waals surface area contributed by atoms with Gasteiger partial charge in [0.15, 0.2) is 21.4 Å². The van der Waals surface area contributed by atoms with Gasteiger partial charge in [-0.3, -0.25) is 0 Å². The molecule has 2 aromatic rings. The van der Waals surface area contributed by atoms with Crippen molar-refractivity contribution in [2.24, 2.45) is 0 Å². The molecule has 3 heterocycles. The third kappa shape index (κ3) is 2.43. The van der Waals surface area contributed by atoms with Gasteiger partial charge < -0.3 is 8.98 Å². The molecule has 0 fully saturated rings. The predicted molar refractivity (Wildman–Crippen MR) is 75.9 cm³/mol. The molecule has 0 amide bonds. The molecule has 0 aliphatic carbocycles. The molecule has 1 aliphatic heterocycles. The SMILES string of the molecule is CCCc1ccc(-c2nccn2[C@H]2C=CS(=O)(=O)C2)o1. The van der Waals surface area contributed by atoms with Crippen LogP contribution in [0.5, 0.6) is 0 Å². The van der Waals surface area contributed by atoms with Crippen molar-refractivity contribution < 1.29 is 12.8 Å². The smallest absolute Gasteiger partial charge is 0.176 e. The summed E-state index contributed by atoms with van der Waals surface area (Å²) in [4.78, 5) is 4.29. The van der Waals surface area contributed by atoms with E-state index in [9.17, 15) is 8.42 Å². The van der Waals surface area contributed by atoms with Gasteiger partial charge in [-0.2, -0.15) is 0 Å². The Kier molecular flexibility index (Phi) is 3.25. The minimum atomic E-state index is -3.08. The van der Waals surface area contributed by atoms with Gasteiger partial charge >= 0.3 is 0 Å². The van der Waals surface area contributed by atoms with Gasteiger partial charge in [-0.15, -0.1) is 0 Å². The van der Waals surface area contributed by atoms with Gasteiger partial charge in [-0.05, 0) is 24.6 Å². The van der Waals surface area contributed by atoms with E-state index < -0.39 is 9.84 Å². The largest absolute Gasteiger partial charge is 0.458 e. The Morgan fingerprint density at radius 1 is 1.45 bits per heavy atom. The number of aryl methyl sites for hydroxylation is 1. The Balaban J connectivity index is 1.92. The molecule has 0 N–H and O–H groups in total. The van der Waals surface area contributed by atoms with Gasteiger partial charge in [0.25, 0.3) is 0 Å². The maximum Gasteiger partial charge on any atom is 0.176 e. The summed E-state index contributed by atoms with van der Waals surface area (Å²) in [6.45, 7) is 2.09. The highest BCUT2D eigenvalue weighted by Gasteiger charge is 2.25. The fourth-order valence-corrected chi connectivity index (χ4v) is 3.66. The first-order valence-corrected chi connectivity index (χ1v) is 8.33. The van der Waals surface area contributed by atoms with Gasteiger partial charge in [0.05, 0.1) is 11.8 Å². The van der Waals surface area contributed by atoms with Crippen molar-refractivity contribution in [2.75, 3.05) is 5.75 Å². The predicted octanol–water partition coefficient (Wildman–Crippen LogP) is 2.58. The minimum Gasteiger partial charge on any atom is -0.458 e. The number of hydrogen-bond donors (Lipinski definition) is 0. The van der Waals surface area contributed by atoms with E-state index in [1.807, 2.05) is 16.7 Å². The van der Waals surface area contributed by atoms with Crippen LogP contribution in [-0.2, 0) is 16.3 Å². The molecule has 0 aromatic carbocycles. The Labute approximate surface area is 117 Å². The molecule has 0 unspecified atom stereocenters. The van der Waals surface area contributed by atoms with Crippen LogP contribution in [0.1, 0.15) is 25.1 Å². The lowest BCUT2D eigenvalue weighted by Gasteiger charge is -2.11. The van der Waals surface area contributed by atoms with E-state index in [4.69, 9.17) is 4.42 Å². The standard InChI is InChI=1S/C14H16N2O3S/c1-2-3-12-4-5-13(19-12)14-15-7-8-16(14)11-6-9-20(17,18)10-11/h4-9,11H,2-3,10H2,1H3/t11-/m0/s1. The molecule has 0 radical (unpaired) electrons. The third-order valence-electron chi connectivity index (χ3n) is 3.32. The molecule has 0 spiro atoms. The monoisotopic (exact) mass is 292 g/mol. The zero-order valence-corrected chi connectivity index (χ0v) is 12.0. The number of nitrogens with zero attached hydrogens (tertiary/aromatic N) is 2. The van der Waals surface area contributed by atoms with Crippen molar-refractivity contribution in [1.29, 1.82) is 0 Å². The van der Waals surface area contributed by atoms with Gasteiger partial charge in [0.2, 0.25) is 0 Å². The van der Waals surface area contributed by atoms with Crippen molar-refractivity contribution >= 4 is 9.84 Å². The Bertz CT molecular complexity index is 740. The molecule has 1 atom stereocenters. The fourth-order valence-electron chi connectivity index (χ4n) is 2.38. The average Bonchev–Trinajstić information content (AvgIpc) is 3.07. The molecule has 106 valence electrons. The van der Waals surface area contributed by atoms with Crippen molar-refractivity contribution in [2.45, 2.75) is 25.8 Å². The maximum atomic E-state index is 11.5. The van der Waals surface area contributed by atoms with Crippen molar-refractivity contribution in [3.8, 4) is 11.6 Å². The summed E-state index contributed by atoms with van der Waals surface area (Å²) in [5, 5.41) is 1.27. The molecule has 0 bridgehead atoms. The third-order valence-corrected chi connectivity index (χ3v) is 4.69. The number of imidazole rings is 1. The second-order valence-corrected chi connectivity index (χ2v) is 6.83. The van der Waals surface area contributed by atoms with E-state index in [1.54, 1.807) is 18.5 Å². The van der Waals surface area contributed by atoms with Crippen LogP contribution in [0.2, 0.25) is 0 Å². The quantitative estimate of drug-likeness (QED) is 0.868. The Morgan fingerprint density at radius 3 is 3.00 bits per heavy atom. The van der Waals surface area contributed by atoms with Crippen LogP contribution >= 0.6 is 0 Å². The lowest BCUT2D eigenvalue weighted by molar-refractivity contribution is 0.509. The molecule has 0 saturated carbocycles. The highest BCUT2D eigenvalue weighted by Crippen LogP contribution is 2.28. The molecule has 1 aliphatic rings. The fraction of sp³-hybridized carbons (Fsp3) is 0.357. The molecular weight excluding hydrogens is 276 g/mol. The first-order valence-electron chi connectivity index (χ1n) is 6.62. The first-order chi connectivity index (χ1) is 9.59. The molecule has 6 heteroatoms. The van der Waals surface area contributed by atoms with Crippen LogP contribution in [0.3, 0.4) is 0 Å². The van der Waals surface area contributed by atoms with Crippen LogP contribution in [0.4, 0.5) is 0 Å². The van der Waals surface area contributed by atoms with Crippen molar-refractivity contribution in [3.05, 3.63) is 41.8 Å². The summed E-state index contributed by atoms with van der Waals surface area (Å²) in [6.07, 6.45) is 7.04. The summed E-state index contributed by atoms with van der Waals surface area (Å²) in [7, 11) is -3.08. The minimum absolute atomic E-state index is 0.0822. The highest BCUT2D eigenvalue weighted by molar-refractivity contribution is 7.94. The van der Waals surface area contributed by atoms with Gasteiger partial charge in [0.1, 0.15) is 5.76 Å². The second kappa shape index (κ2) is 4.94. The van der Waals surface area contributed by atoms with Gasteiger partial charge in [-0.1, -0.05) is 6.92 Å². The average molecular weight is 292 g/mol. The van der Waals surface area contributed by atoms with Gasteiger partial charge in [0, 0.05) is 24.2 Å². The summed E-state index contributed by atoms with van der Waals surface area (Å²) < 4.78 is 30.7. The van der Waals surface area contributed by atoms with Crippen LogP contribution < -0.4 is 0 Å². The highest BCUT2D eigenvalue weighted by atomic mass is 32.2. The maximum absolute atomic E-state index is 11.5. The van der Waals surface area contributed by atoms with E-state index in [2.05, 4.69) is 11.9 Å². The Morgan fingerprint density at radius 2 is 2.30 bits per heavy atom. The van der Waals surface area contributed by atoms with E-state index in [0.717, 1.165) is 18.6 Å². The summed E-state index contributed by atoms with van der Waals surface area (Å²) >= 11 is 0. The first kappa shape index (κ1) is 13.2. The summed E-state index contributed by atoms with van der Waals surface area (Å²) in [6, 6.07) is 3.62. The summed E-state index contributed by atoms with van der Waals surface area (Å²) in [5.74, 6) is 2.35. The van der Waals surface area contributed by atoms with Crippen molar-refractivity contribution in [3.63, 3.8) is 0 Å². The van der Waals surface area contributed by atoms with Crippen LogP contribution in [0, 0.1) is 0 Å². The van der Waals surface area contributed by atoms with Crippen molar-refractivity contribution in [1.82, 2.24) is 9.55 Å². The number of furan rings is 1. The molecule has 0 saturated heterocycles. The van der Waals surface area contributed by atoms with E-state index in [1.165, 1.54) is 5.41 Å². The lowest BCUT2D eigenvalue weighted by Crippen LogP contribution is -2.11. The molecular formula is C14H16N2O3S. The number of aromatic nitrogens is 2. The normalized spacial score (nSPS) is 20.6. The number of rotatable bonds is 4. The van der Waals surface area contributed by atoms with Crippen LogP contribution in [0.25, 0.3) is 11.6 Å². The second-order valence-electron chi connectivity index (χ2n) is 4.90. The Hall–Kier alpha value is -1.82. The molecule has 2 aromatic heterocycles. The van der Waals surface area contributed by atoms with Crippen LogP contribution in [0.15, 0.2) is 40.4 Å². The zero-order chi connectivity index (χ0) is 14.2. The number of sulfone groups is 1. The molecule has 5 nitrogen and oxygen atoms in total. The number of hydrogen-bond acceptors (Lipinski definition) is 4. The number of allylic oxidation sites excluding steroid dienone is 1. The summed E-state index contributed by atoms with van der Waals surface area (Å²) in [5.41, 5.74) is 0.